The van der Waals surface area contributed by atoms with Crippen LogP contribution in [0.4, 0.5) is 0 Å². The van der Waals surface area contributed by atoms with Crippen LogP contribution in [0.2, 0.25) is 0 Å². The summed E-state index contributed by atoms with van der Waals surface area (Å²) >= 11 is 1.33. The summed E-state index contributed by atoms with van der Waals surface area (Å²) in [5.74, 6) is -0.0532. The van der Waals surface area contributed by atoms with E-state index in [-0.39, 0.29) is 11.9 Å². The molecule has 4 heteroatoms. The number of hydrogen-bond donors (Lipinski definition) is 0. The molecular weight excluding hydrogens is 162 g/mol. The number of methoxy groups -OCH3 is 1. The Balaban J connectivity index is 2.70. The average molecular weight is 171 g/mol. The van der Waals surface area contributed by atoms with Gasteiger partial charge < -0.3 is 4.74 Å². The van der Waals surface area contributed by atoms with E-state index in [0.29, 0.717) is 5.01 Å². The zero-order chi connectivity index (χ0) is 8.27. The fraction of sp³-hybridized carbons (Fsp3) is 0.429. The maximum atomic E-state index is 11.3. The summed E-state index contributed by atoms with van der Waals surface area (Å²) < 4.78 is 4.85. The van der Waals surface area contributed by atoms with Gasteiger partial charge in [-0.15, -0.1) is 11.3 Å². The van der Waals surface area contributed by atoms with Crippen molar-refractivity contribution in [1.29, 1.82) is 0 Å². The van der Waals surface area contributed by atoms with Gasteiger partial charge in [0, 0.05) is 18.7 Å². The number of aromatic nitrogens is 1. The van der Waals surface area contributed by atoms with Crippen molar-refractivity contribution in [3.05, 3.63) is 16.6 Å². The van der Waals surface area contributed by atoms with Crippen LogP contribution in [0.25, 0.3) is 0 Å². The lowest BCUT2D eigenvalue weighted by Gasteiger charge is -2.03. The standard InChI is InChI=1S/C7H9NO2S/c1-5(10-2)6(9)7-8-3-4-11-7/h3-5H,1-2H3. The summed E-state index contributed by atoms with van der Waals surface area (Å²) in [5.41, 5.74) is 0. The van der Waals surface area contributed by atoms with Crippen LogP contribution in [-0.2, 0) is 4.74 Å². The molecule has 1 atom stereocenters. The van der Waals surface area contributed by atoms with Crippen molar-refractivity contribution in [3.63, 3.8) is 0 Å². The maximum absolute atomic E-state index is 11.3. The largest absolute Gasteiger partial charge is 0.373 e. The molecule has 0 saturated heterocycles. The van der Waals surface area contributed by atoms with Crippen molar-refractivity contribution in [2.75, 3.05) is 7.11 Å². The molecule has 0 N–H and O–H groups in total. The summed E-state index contributed by atoms with van der Waals surface area (Å²) in [6.07, 6.45) is 1.22. The van der Waals surface area contributed by atoms with Crippen molar-refractivity contribution in [2.45, 2.75) is 13.0 Å². The van der Waals surface area contributed by atoms with E-state index < -0.39 is 0 Å². The number of carbonyl (C=O) groups excluding carboxylic acids is 1. The molecule has 1 aromatic heterocycles. The van der Waals surface area contributed by atoms with Gasteiger partial charge in [0.05, 0.1) is 0 Å². The van der Waals surface area contributed by atoms with Crippen molar-refractivity contribution in [1.82, 2.24) is 4.98 Å². The third-order valence-electron chi connectivity index (χ3n) is 1.37. The fourth-order valence-corrected chi connectivity index (χ4v) is 1.28. The first-order chi connectivity index (χ1) is 5.25. The predicted octanol–water partition coefficient (Wildman–Crippen LogP) is 1.36. The minimum absolute atomic E-state index is 0.0532. The van der Waals surface area contributed by atoms with E-state index in [1.54, 1.807) is 18.5 Å². The average Bonchev–Trinajstić information content (AvgIpc) is 2.53. The van der Waals surface area contributed by atoms with E-state index in [1.165, 1.54) is 18.4 Å². The van der Waals surface area contributed by atoms with E-state index in [0.717, 1.165) is 0 Å². The molecule has 0 radical (unpaired) electrons. The van der Waals surface area contributed by atoms with Crippen molar-refractivity contribution < 1.29 is 9.53 Å². The summed E-state index contributed by atoms with van der Waals surface area (Å²) in [6, 6.07) is 0. The number of nitrogens with zero attached hydrogens (tertiary/aromatic N) is 1. The van der Waals surface area contributed by atoms with Crippen LogP contribution >= 0.6 is 11.3 Å². The molecule has 1 heterocycles. The van der Waals surface area contributed by atoms with Crippen LogP contribution in [0.1, 0.15) is 16.7 Å². The predicted molar refractivity (Wildman–Crippen MR) is 42.9 cm³/mol. The Kier molecular flexibility index (Phi) is 2.73. The normalized spacial score (nSPS) is 12.9. The Hall–Kier alpha value is -0.740. The van der Waals surface area contributed by atoms with E-state index in [1.807, 2.05) is 0 Å². The summed E-state index contributed by atoms with van der Waals surface area (Å²) in [7, 11) is 1.51. The van der Waals surface area contributed by atoms with Gasteiger partial charge in [0.25, 0.3) is 0 Å². The molecule has 0 aromatic carbocycles. The van der Waals surface area contributed by atoms with Crippen LogP contribution in [0, 0.1) is 0 Å². The number of ether oxygens (including phenoxy) is 1. The van der Waals surface area contributed by atoms with Gasteiger partial charge in [0.2, 0.25) is 5.78 Å². The van der Waals surface area contributed by atoms with Crippen LogP contribution in [-0.4, -0.2) is 24.0 Å². The third kappa shape index (κ3) is 1.85. The van der Waals surface area contributed by atoms with Gasteiger partial charge >= 0.3 is 0 Å². The number of thiazole rings is 1. The Labute approximate surface area is 69.0 Å². The molecule has 0 aliphatic heterocycles. The van der Waals surface area contributed by atoms with E-state index in [4.69, 9.17) is 4.74 Å². The molecule has 60 valence electrons. The highest BCUT2D eigenvalue weighted by Gasteiger charge is 2.15. The number of hydrogen-bond acceptors (Lipinski definition) is 4. The highest BCUT2D eigenvalue weighted by molar-refractivity contribution is 7.11. The van der Waals surface area contributed by atoms with Gasteiger partial charge in [-0.25, -0.2) is 4.98 Å². The Morgan fingerprint density at radius 1 is 1.82 bits per heavy atom. The molecule has 11 heavy (non-hydrogen) atoms. The van der Waals surface area contributed by atoms with Crippen LogP contribution < -0.4 is 0 Å². The lowest BCUT2D eigenvalue weighted by atomic mass is 10.3. The van der Waals surface area contributed by atoms with Crippen LogP contribution in [0.15, 0.2) is 11.6 Å². The van der Waals surface area contributed by atoms with E-state index >= 15 is 0 Å². The number of Topliss-reactive ketones (excluding diaryl/α,β-unsaturated/α-hetero) is 1. The molecule has 1 rings (SSSR count). The third-order valence-corrected chi connectivity index (χ3v) is 2.15. The fourth-order valence-electron chi connectivity index (χ4n) is 0.626. The smallest absolute Gasteiger partial charge is 0.219 e. The van der Waals surface area contributed by atoms with Gasteiger partial charge in [-0.1, -0.05) is 0 Å². The minimum Gasteiger partial charge on any atom is -0.373 e. The van der Waals surface area contributed by atoms with E-state index in [2.05, 4.69) is 4.98 Å². The van der Waals surface area contributed by atoms with Gasteiger partial charge in [-0.05, 0) is 6.92 Å². The Morgan fingerprint density at radius 3 is 3.00 bits per heavy atom. The molecule has 1 unspecified atom stereocenters. The Bertz CT molecular complexity index is 233. The molecule has 0 spiro atoms. The molecule has 0 bridgehead atoms. The summed E-state index contributed by atoms with van der Waals surface area (Å²) in [6.45, 7) is 1.71. The van der Waals surface area contributed by atoms with Gasteiger partial charge in [-0.3, -0.25) is 4.79 Å². The van der Waals surface area contributed by atoms with Gasteiger partial charge in [-0.2, -0.15) is 0 Å². The molecule has 0 aliphatic carbocycles. The molecule has 0 fully saturated rings. The van der Waals surface area contributed by atoms with Crippen molar-refractivity contribution in [3.8, 4) is 0 Å². The lowest BCUT2D eigenvalue weighted by Crippen LogP contribution is -2.18. The second-order valence-corrected chi connectivity index (χ2v) is 2.97. The van der Waals surface area contributed by atoms with Crippen molar-refractivity contribution >= 4 is 17.1 Å². The quantitative estimate of drug-likeness (QED) is 0.644. The maximum Gasteiger partial charge on any atom is 0.219 e. The molecular formula is C7H9NO2S. The number of ketones is 1. The lowest BCUT2D eigenvalue weighted by molar-refractivity contribution is 0.0655. The van der Waals surface area contributed by atoms with Crippen LogP contribution in [0.3, 0.4) is 0 Å². The second kappa shape index (κ2) is 3.59. The minimum atomic E-state index is -0.388. The molecule has 0 aliphatic rings. The first-order valence-corrected chi connectivity index (χ1v) is 4.10. The first-order valence-electron chi connectivity index (χ1n) is 3.22. The second-order valence-electron chi connectivity index (χ2n) is 2.08. The number of rotatable bonds is 3. The van der Waals surface area contributed by atoms with Gasteiger partial charge in [0.15, 0.2) is 5.01 Å². The zero-order valence-corrected chi connectivity index (χ0v) is 7.22. The zero-order valence-electron chi connectivity index (χ0n) is 6.40. The van der Waals surface area contributed by atoms with E-state index in [9.17, 15) is 4.79 Å². The van der Waals surface area contributed by atoms with Crippen LogP contribution in [0.5, 0.6) is 0 Å². The number of carbonyl (C=O) groups is 1. The SMILES string of the molecule is COC(C)C(=O)c1nccs1. The monoisotopic (exact) mass is 171 g/mol. The van der Waals surface area contributed by atoms with Crippen molar-refractivity contribution in [2.24, 2.45) is 0 Å². The highest BCUT2D eigenvalue weighted by atomic mass is 32.1. The Morgan fingerprint density at radius 2 is 2.55 bits per heavy atom. The highest BCUT2D eigenvalue weighted by Crippen LogP contribution is 2.08. The summed E-state index contributed by atoms with van der Waals surface area (Å²) in [5, 5.41) is 2.29. The molecule has 0 saturated carbocycles. The van der Waals surface area contributed by atoms with Gasteiger partial charge in [0.1, 0.15) is 6.10 Å². The topological polar surface area (TPSA) is 39.2 Å². The molecule has 3 nitrogen and oxygen atoms in total. The summed E-state index contributed by atoms with van der Waals surface area (Å²) in [4.78, 5) is 15.1. The molecule has 1 aromatic rings. The first kappa shape index (κ1) is 8.36. The molecule has 0 amide bonds.